The lowest BCUT2D eigenvalue weighted by Gasteiger charge is -2.07. The van der Waals surface area contributed by atoms with Gasteiger partial charge in [-0.2, -0.15) is 9.49 Å². The summed E-state index contributed by atoms with van der Waals surface area (Å²) in [5.41, 5.74) is 1.42. The molecule has 2 rings (SSSR count). The third-order valence-corrected chi connectivity index (χ3v) is 4.14. The van der Waals surface area contributed by atoms with Crippen LogP contribution in [-0.4, -0.2) is 18.2 Å². The standard InChI is InChI=1S/C12H14FN3O2S/c1-8-5-4-6-10(7-8)15-19(17,18)11-9(2)14-16(3)12(11)13/h4-7,15H,1-3H3. The van der Waals surface area contributed by atoms with E-state index in [0.717, 1.165) is 10.2 Å². The van der Waals surface area contributed by atoms with E-state index in [2.05, 4.69) is 9.82 Å². The zero-order valence-corrected chi connectivity index (χ0v) is 11.6. The van der Waals surface area contributed by atoms with Gasteiger partial charge in [-0.3, -0.25) is 4.72 Å². The maximum Gasteiger partial charge on any atom is 0.268 e. The number of nitrogens with one attached hydrogen (secondary N) is 1. The number of benzene rings is 1. The fourth-order valence-electron chi connectivity index (χ4n) is 1.83. The molecule has 2 aromatic rings. The minimum atomic E-state index is -3.98. The molecule has 7 heteroatoms. The first-order chi connectivity index (χ1) is 8.81. The van der Waals surface area contributed by atoms with Gasteiger partial charge < -0.3 is 0 Å². The van der Waals surface area contributed by atoms with Crippen LogP contribution in [0.1, 0.15) is 11.3 Å². The van der Waals surface area contributed by atoms with Crippen LogP contribution in [0.4, 0.5) is 10.1 Å². The van der Waals surface area contributed by atoms with Crippen molar-refractivity contribution in [2.24, 2.45) is 7.05 Å². The molecule has 1 aromatic heterocycles. The number of hydrogen-bond donors (Lipinski definition) is 1. The molecule has 0 bridgehead atoms. The molecule has 0 amide bonds. The van der Waals surface area contributed by atoms with Crippen molar-refractivity contribution < 1.29 is 12.8 Å². The highest BCUT2D eigenvalue weighted by molar-refractivity contribution is 7.92. The second-order valence-corrected chi connectivity index (χ2v) is 5.92. The monoisotopic (exact) mass is 283 g/mol. The Kier molecular flexibility index (Phi) is 3.32. The fourth-order valence-corrected chi connectivity index (χ4v) is 3.15. The maximum atomic E-state index is 13.8. The van der Waals surface area contributed by atoms with Crippen LogP contribution >= 0.6 is 0 Å². The van der Waals surface area contributed by atoms with Crippen molar-refractivity contribution >= 4 is 15.7 Å². The summed E-state index contributed by atoms with van der Waals surface area (Å²) >= 11 is 0. The Morgan fingerprint density at radius 3 is 2.53 bits per heavy atom. The molecule has 0 unspecified atom stereocenters. The van der Waals surface area contributed by atoms with E-state index < -0.39 is 20.9 Å². The summed E-state index contributed by atoms with van der Waals surface area (Å²) in [4.78, 5) is -0.420. The zero-order valence-electron chi connectivity index (χ0n) is 10.8. The van der Waals surface area contributed by atoms with Crippen molar-refractivity contribution in [1.82, 2.24) is 9.78 Å². The summed E-state index contributed by atoms with van der Waals surface area (Å²) in [6, 6.07) is 6.84. The smallest absolute Gasteiger partial charge is 0.268 e. The van der Waals surface area contributed by atoms with Gasteiger partial charge >= 0.3 is 0 Å². The number of anilines is 1. The molecule has 0 spiro atoms. The van der Waals surface area contributed by atoms with Gasteiger partial charge in [0.15, 0.2) is 4.90 Å². The van der Waals surface area contributed by atoms with Crippen LogP contribution in [0, 0.1) is 19.8 Å². The van der Waals surface area contributed by atoms with E-state index >= 15 is 0 Å². The zero-order chi connectivity index (χ0) is 14.2. The van der Waals surface area contributed by atoms with Crippen LogP contribution in [0.25, 0.3) is 0 Å². The molecule has 1 N–H and O–H groups in total. The van der Waals surface area contributed by atoms with Crippen molar-refractivity contribution in [3.05, 3.63) is 41.5 Å². The third kappa shape index (κ3) is 2.60. The molecule has 0 aliphatic rings. The molecule has 1 aromatic carbocycles. The Bertz CT molecular complexity index is 723. The Labute approximate surface area is 111 Å². The normalized spacial score (nSPS) is 11.6. The van der Waals surface area contributed by atoms with Gasteiger partial charge in [-0.1, -0.05) is 12.1 Å². The number of rotatable bonds is 3. The summed E-state index contributed by atoms with van der Waals surface area (Å²) < 4.78 is 41.4. The van der Waals surface area contributed by atoms with Gasteiger partial charge in [0, 0.05) is 12.7 Å². The highest BCUT2D eigenvalue weighted by Crippen LogP contribution is 2.21. The second-order valence-electron chi connectivity index (χ2n) is 4.30. The summed E-state index contributed by atoms with van der Waals surface area (Å²) in [5, 5.41) is 3.76. The topological polar surface area (TPSA) is 64.0 Å². The summed E-state index contributed by atoms with van der Waals surface area (Å²) in [6.07, 6.45) is 0. The summed E-state index contributed by atoms with van der Waals surface area (Å²) in [5.74, 6) is -0.877. The minimum Gasteiger partial charge on any atom is -0.279 e. The Morgan fingerprint density at radius 1 is 1.32 bits per heavy atom. The number of aromatic nitrogens is 2. The molecular weight excluding hydrogens is 269 g/mol. The first kappa shape index (κ1) is 13.5. The lowest BCUT2D eigenvalue weighted by atomic mass is 10.2. The predicted molar refractivity (Wildman–Crippen MR) is 69.9 cm³/mol. The Balaban J connectivity index is 2.44. The quantitative estimate of drug-likeness (QED) is 0.936. The number of halogens is 1. The first-order valence-electron chi connectivity index (χ1n) is 5.60. The molecule has 0 saturated heterocycles. The van der Waals surface area contributed by atoms with Crippen LogP contribution in [0.15, 0.2) is 29.2 Å². The molecule has 0 atom stereocenters. The van der Waals surface area contributed by atoms with Crippen molar-refractivity contribution in [3.8, 4) is 0 Å². The van der Waals surface area contributed by atoms with E-state index in [9.17, 15) is 12.8 Å². The van der Waals surface area contributed by atoms with E-state index in [1.165, 1.54) is 14.0 Å². The van der Waals surface area contributed by atoms with Gasteiger partial charge in [0.05, 0.1) is 5.69 Å². The molecular formula is C12H14FN3O2S. The second kappa shape index (κ2) is 4.65. The maximum absolute atomic E-state index is 13.8. The van der Waals surface area contributed by atoms with E-state index in [1.54, 1.807) is 18.2 Å². The van der Waals surface area contributed by atoms with Crippen LogP contribution < -0.4 is 4.72 Å². The van der Waals surface area contributed by atoms with Crippen LogP contribution in [0.5, 0.6) is 0 Å². The van der Waals surface area contributed by atoms with Gasteiger partial charge in [-0.15, -0.1) is 0 Å². The highest BCUT2D eigenvalue weighted by atomic mass is 32.2. The van der Waals surface area contributed by atoms with Crippen LogP contribution in [-0.2, 0) is 17.1 Å². The molecule has 0 saturated carbocycles. The largest absolute Gasteiger partial charge is 0.279 e. The fraction of sp³-hybridized carbons (Fsp3) is 0.250. The van der Waals surface area contributed by atoms with Crippen molar-refractivity contribution in [2.45, 2.75) is 18.7 Å². The van der Waals surface area contributed by atoms with E-state index in [0.29, 0.717) is 5.69 Å². The van der Waals surface area contributed by atoms with Gasteiger partial charge in [-0.25, -0.2) is 13.1 Å². The predicted octanol–water partition coefficient (Wildman–Crippen LogP) is 1.98. The first-order valence-corrected chi connectivity index (χ1v) is 7.08. The molecule has 0 aliphatic heterocycles. The van der Waals surface area contributed by atoms with Crippen molar-refractivity contribution in [2.75, 3.05) is 4.72 Å². The van der Waals surface area contributed by atoms with Crippen LogP contribution in [0.3, 0.4) is 0 Å². The lowest BCUT2D eigenvalue weighted by Crippen LogP contribution is -2.15. The third-order valence-electron chi connectivity index (χ3n) is 2.64. The van der Waals surface area contributed by atoms with Crippen molar-refractivity contribution in [1.29, 1.82) is 0 Å². The Hall–Kier alpha value is -1.89. The molecule has 1 heterocycles. The highest BCUT2D eigenvalue weighted by Gasteiger charge is 2.26. The SMILES string of the molecule is Cc1cccc(NS(=O)(=O)c2c(C)nn(C)c2F)c1. The Morgan fingerprint density at radius 2 is 2.00 bits per heavy atom. The molecule has 102 valence electrons. The van der Waals surface area contributed by atoms with E-state index in [1.807, 2.05) is 13.0 Å². The molecule has 5 nitrogen and oxygen atoms in total. The average molecular weight is 283 g/mol. The van der Waals surface area contributed by atoms with Gasteiger partial charge in [0.2, 0.25) is 5.95 Å². The van der Waals surface area contributed by atoms with Crippen molar-refractivity contribution in [3.63, 3.8) is 0 Å². The minimum absolute atomic E-state index is 0.125. The molecule has 0 radical (unpaired) electrons. The van der Waals surface area contributed by atoms with Gasteiger partial charge in [0.1, 0.15) is 0 Å². The number of sulfonamides is 1. The lowest BCUT2D eigenvalue weighted by molar-refractivity contribution is 0.483. The summed E-state index contributed by atoms with van der Waals surface area (Å²) in [7, 11) is -2.62. The summed E-state index contributed by atoms with van der Waals surface area (Å²) in [6.45, 7) is 3.29. The van der Waals surface area contributed by atoms with E-state index in [-0.39, 0.29) is 5.69 Å². The van der Waals surface area contributed by atoms with Gasteiger partial charge in [-0.05, 0) is 31.5 Å². The van der Waals surface area contributed by atoms with Gasteiger partial charge in [0.25, 0.3) is 10.0 Å². The number of nitrogens with zero attached hydrogens (tertiary/aromatic N) is 2. The van der Waals surface area contributed by atoms with E-state index in [4.69, 9.17) is 0 Å². The molecule has 0 aliphatic carbocycles. The molecule has 19 heavy (non-hydrogen) atoms. The average Bonchev–Trinajstić information content (AvgIpc) is 2.52. The molecule has 0 fully saturated rings. The number of aryl methyl sites for hydroxylation is 3. The van der Waals surface area contributed by atoms with Crippen LogP contribution in [0.2, 0.25) is 0 Å². The number of hydrogen-bond acceptors (Lipinski definition) is 3.